The van der Waals surface area contributed by atoms with Gasteiger partial charge in [-0.25, -0.2) is 9.07 Å². The number of rotatable bonds is 9. The number of amides is 1. The van der Waals surface area contributed by atoms with Crippen LogP contribution in [0.25, 0.3) is 5.69 Å². The number of carbonyl (C=O) groups excluding carboxylic acids is 1. The first-order valence-electron chi connectivity index (χ1n) is 12.9. The van der Waals surface area contributed by atoms with E-state index in [-0.39, 0.29) is 17.9 Å². The first-order chi connectivity index (χ1) is 19.7. The van der Waals surface area contributed by atoms with Gasteiger partial charge in [0.25, 0.3) is 5.91 Å². The van der Waals surface area contributed by atoms with E-state index in [2.05, 4.69) is 16.5 Å². The van der Waals surface area contributed by atoms with E-state index < -0.39 is 35.4 Å². The topological polar surface area (TPSA) is 106 Å². The summed E-state index contributed by atoms with van der Waals surface area (Å²) in [6.07, 6.45) is -3.34. The van der Waals surface area contributed by atoms with Crippen LogP contribution in [0.1, 0.15) is 57.4 Å². The van der Waals surface area contributed by atoms with Gasteiger partial charge in [0.05, 0.1) is 29.6 Å². The quantitative estimate of drug-likeness (QED) is 0.239. The molecule has 4 aromatic rings. The largest absolute Gasteiger partial charge is 0.435 e. The molecule has 0 spiro atoms. The number of benzene rings is 3. The van der Waals surface area contributed by atoms with E-state index in [0.29, 0.717) is 35.3 Å². The molecule has 1 fully saturated rings. The van der Waals surface area contributed by atoms with Gasteiger partial charge in [0.2, 0.25) is 0 Å². The molecule has 1 heterocycles. The second-order valence-electron chi connectivity index (χ2n) is 9.78. The number of nitriles is 1. The number of nitrogens with zero attached hydrogens (tertiary/aromatic N) is 3. The standard InChI is InChI=1S/C30H25F4N5O2/c31-24-11-10-22(28(41-17-19-4-5-19)21-8-6-18(15-35)7-9-21)13-25(24)37-29(40)26-14-27(30(32,33)34)38-39(26)23-3-1-2-20(12-23)16-36/h1-3,6-14,19,28H,4-5,16-17,36H2,(H,37,40). The predicted molar refractivity (Wildman–Crippen MR) is 142 cm³/mol. The summed E-state index contributed by atoms with van der Waals surface area (Å²) in [5, 5.41) is 15.2. The van der Waals surface area contributed by atoms with Crippen molar-refractivity contribution in [3.63, 3.8) is 0 Å². The lowest BCUT2D eigenvalue weighted by Gasteiger charge is -2.20. The Morgan fingerprint density at radius 2 is 1.83 bits per heavy atom. The fraction of sp³-hybridized carbons (Fsp3) is 0.233. The number of nitrogens with one attached hydrogen (secondary N) is 1. The van der Waals surface area contributed by atoms with E-state index in [1.165, 1.54) is 24.3 Å². The van der Waals surface area contributed by atoms with Crippen LogP contribution in [0.15, 0.2) is 72.8 Å². The zero-order valence-corrected chi connectivity index (χ0v) is 21.7. The molecule has 1 aliphatic rings. The van der Waals surface area contributed by atoms with E-state index in [0.717, 1.165) is 29.2 Å². The minimum atomic E-state index is -4.82. The van der Waals surface area contributed by atoms with Crippen molar-refractivity contribution in [3.8, 4) is 11.8 Å². The van der Waals surface area contributed by atoms with E-state index in [9.17, 15) is 22.4 Å². The van der Waals surface area contributed by atoms with E-state index >= 15 is 0 Å². The summed E-state index contributed by atoms with van der Waals surface area (Å²) >= 11 is 0. The Bertz CT molecular complexity index is 1600. The number of anilines is 1. The van der Waals surface area contributed by atoms with Crippen LogP contribution in [0.2, 0.25) is 0 Å². The van der Waals surface area contributed by atoms with Gasteiger partial charge in [-0.2, -0.15) is 23.5 Å². The minimum absolute atomic E-state index is 0.129. The lowest BCUT2D eigenvalue weighted by Crippen LogP contribution is -2.18. The molecule has 0 radical (unpaired) electrons. The molecule has 11 heteroatoms. The average Bonchev–Trinajstić information content (AvgIpc) is 3.68. The molecule has 210 valence electrons. The number of aromatic nitrogens is 2. The third kappa shape index (κ3) is 6.45. The van der Waals surface area contributed by atoms with Crippen LogP contribution in [0.4, 0.5) is 23.2 Å². The maximum atomic E-state index is 14.9. The molecule has 0 bridgehead atoms. The molecular weight excluding hydrogens is 538 g/mol. The van der Waals surface area contributed by atoms with Crippen molar-refractivity contribution >= 4 is 11.6 Å². The van der Waals surface area contributed by atoms with Crippen LogP contribution in [-0.2, 0) is 17.5 Å². The lowest BCUT2D eigenvalue weighted by atomic mass is 9.99. The van der Waals surface area contributed by atoms with Crippen molar-refractivity contribution in [1.29, 1.82) is 5.26 Å². The van der Waals surface area contributed by atoms with Gasteiger partial charge in [0.1, 0.15) is 17.6 Å². The number of nitrogens with two attached hydrogens (primary N) is 1. The van der Waals surface area contributed by atoms with Gasteiger partial charge in [-0.3, -0.25) is 4.79 Å². The Morgan fingerprint density at radius 3 is 2.49 bits per heavy atom. The fourth-order valence-corrected chi connectivity index (χ4v) is 4.32. The number of hydrogen-bond acceptors (Lipinski definition) is 5. The molecule has 1 saturated carbocycles. The number of halogens is 4. The van der Waals surface area contributed by atoms with Crippen LogP contribution in [-0.4, -0.2) is 22.3 Å². The number of hydrogen-bond donors (Lipinski definition) is 2. The Hall–Kier alpha value is -4.53. The minimum Gasteiger partial charge on any atom is -0.368 e. The van der Waals surface area contributed by atoms with Gasteiger partial charge in [-0.15, -0.1) is 0 Å². The Labute approximate surface area is 233 Å². The number of alkyl halides is 3. The van der Waals surface area contributed by atoms with Crippen molar-refractivity contribution in [1.82, 2.24) is 9.78 Å². The highest BCUT2D eigenvalue weighted by Gasteiger charge is 2.36. The second kappa shape index (κ2) is 11.5. The highest BCUT2D eigenvalue weighted by atomic mass is 19.4. The highest BCUT2D eigenvalue weighted by Crippen LogP contribution is 2.35. The van der Waals surface area contributed by atoms with Crippen LogP contribution in [0.5, 0.6) is 0 Å². The lowest BCUT2D eigenvalue weighted by molar-refractivity contribution is -0.141. The molecule has 3 N–H and O–H groups in total. The maximum absolute atomic E-state index is 14.9. The molecular formula is C30H25F4N5O2. The van der Waals surface area contributed by atoms with Gasteiger partial charge in [0, 0.05) is 12.6 Å². The van der Waals surface area contributed by atoms with Gasteiger partial charge < -0.3 is 15.8 Å². The summed E-state index contributed by atoms with van der Waals surface area (Å²) < 4.78 is 62.7. The molecule has 1 aromatic heterocycles. The van der Waals surface area contributed by atoms with Crippen molar-refractivity contribution < 1.29 is 27.1 Å². The molecule has 0 aliphatic heterocycles. The Balaban J connectivity index is 1.48. The third-order valence-electron chi connectivity index (χ3n) is 6.70. The summed E-state index contributed by atoms with van der Waals surface area (Å²) in [6.45, 7) is 0.606. The van der Waals surface area contributed by atoms with Crippen LogP contribution in [0, 0.1) is 23.1 Å². The predicted octanol–water partition coefficient (Wildman–Crippen LogP) is 6.13. The molecule has 1 unspecified atom stereocenters. The van der Waals surface area contributed by atoms with Gasteiger partial charge in [-0.1, -0.05) is 30.3 Å². The molecule has 0 saturated heterocycles. The SMILES string of the molecule is N#Cc1ccc(C(OCC2CC2)c2ccc(F)c(NC(=O)c3cc(C(F)(F)F)nn3-c3cccc(CN)c3)c2)cc1. The molecule has 41 heavy (non-hydrogen) atoms. The number of ether oxygens (including phenoxy) is 1. The van der Waals surface area contributed by atoms with E-state index in [1.807, 2.05) is 0 Å². The second-order valence-corrected chi connectivity index (χ2v) is 9.78. The van der Waals surface area contributed by atoms with Gasteiger partial charge >= 0.3 is 6.18 Å². The molecule has 5 rings (SSSR count). The summed E-state index contributed by atoms with van der Waals surface area (Å²) in [5.74, 6) is -1.34. The van der Waals surface area contributed by atoms with Crippen molar-refractivity contribution in [3.05, 3.63) is 112 Å². The molecule has 3 aromatic carbocycles. The first kappa shape index (κ1) is 28.0. The summed E-state index contributed by atoms with van der Waals surface area (Å²) in [5.41, 5.74) is 6.24. The molecule has 1 atom stereocenters. The summed E-state index contributed by atoms with van der Waals surface area (Å²) in [6, 6.07) is 19.8. The van der Waals surface area contributed by atoms with E-state index in [1.54, 1.807) is 36.4 Å². The molecule has 1 amide bonds. The normalized spacial score (nSPS) is 14.0. The zero-order valence-electron chi connectivity index (χ0n) is 21.7. The third-order valence-corrected chi connectivity index (χ3v) is 6.70. The Kier molecular flexibility index (Phi) is 7.88. The fourth-order valence-electron chi connectivity index (χ4n) is 4.32. The Morgan fingerprint density at radius 1 is 1.10 bits per heavy atom. The number of carbonyl (C=O) groups is 1. The van der Waals surface area contributed by atoms with Crippen molar-refractivity contribution in [2.75, 3.05) is 11.9 Å². The monoisotopic (exact) mass is 563 g/mol. The van der Waals surface area contributed by atoms with Crippen molar-refractivity contribution in [2.45, 2.75) is 31.7 Å². The molecule has 7 nitrogen and oxygen atoms in total. The van der Waals surface area contributed by atoms with Crippen LogP contribution >= 0.6 is 0 Å². The molecule has 1 aliphatic carbocycles. The van der Waals surface area contributed by atoms with Gasteiger partial charge in [0.15, 0.2) is 5.69 Å². The van der Waals surface area contributed by atoms with Gasteiger partial charge in [-0.05, 0) is 71.8 Å². The van der Waals surface area contributed by atoms with Crippen molar-refractivity contribution in [2.24, 2.45) is 11.7 Å². The highest BCUT2D eigenvalue weighted by molar-refractivity contribution is 6.03. The van der Waals surface area contributed by atoms with Crippen LogP contribution < -0.4 is 11.1 Å². The zero-order chi connectivity index (χ0) is 29.1. The first-order valence-corrected chi connectivity index (χ1v) is 12.9. The van der Waals surface area contributed by atoms with E-state index in [4.69, 9.17) is 15.7 Å². The van der Waals surface area contributed by atoms with Crippen LogP contribution in [0.3, 0.4) is 0 Å². The summed E-state index contributed by atoms with van der Waals surface area (Å²) in [4.78, 5) is 13.3. The average molecular weight is 564 g/mol. The smallest absolute Gasteiger partial charge is 0.368 e. The summed E-state index contributed by atoms with van der Waals surface area (Å²) in [7, 11) is 0. The maximum Gasteiger partial charge on any atom is 0.435 e.